The smallest absolute Gasteiger partial charge is 0.328 e. The van der Waals surface area contributed by atoms with Crippen LogP contribution < -0.4 is 0 Å². The van der Waals surface area contributed by atoms with Gasteiger partial charge in [0.2, 0.25) is 5.91 Å². The van der Waals surface area contributed by atoms with Gasteiger partial charge in [0.1, 0.15) is 18.1 Å². The van der Waals surface area contributed by atoms with Gasteiger partial charge in [-0.05, 0) is 51.4 Å². The number of hydrogen-bond donors (Lipinski definition) is 1. The number of carbonyl (C=O) groups is 4. The molecular formula is C23H34ClN3O5. The van der Waals surface area contributed by atoms with Gasteiger partial charge in [-0.25, -0.2) is 9.59 Å². The molecule has 32 heavy (non-hydrogen) atoms. The van der Waals surface area contributed by atoms with Crippen molar-refractivity contribution in [3.63, 3.8) is 0 Å². The number of rotatable bonds is 6. The molecule has 2 saturated carbocycles. The first-order valence-corrected chi connectivity index (χ1v) is 12.7. The van der Waals surface area contributed by atoms with Crippen molar-refractivity contribution in [3.05, 3.63) is 0 Å². The number of hydrogen-bond acceptors (Lipinski definition) is 4. The number of imide groups is 1. The molecule has 0 aromatic carbocycles. The zero-order valence-corrected chi connectivity index (χ0v) is 19.5. The molecule has 4 rings (SSSR count). The number of aliphatic carboxylic acids is 1. The van der Waals surface area contributed by atoms with Crippen molar-refractivity contribution in [2.45, 2.75) is 108 Å². The van der Waals surface area contributed by atoms with E-state index in [1.54, 1.807) is 6.92 Å². The van der Waals surface area contributed by atoms with Crippen LogP contribution in [0.5, 0.6) is 0 Å². The van der Waals surface area contributed by atoms with Crippen molar-refractivity contribution in [1.29, 1.82) is 0 Å². The first-order valence-electron chi connectivity index (χ1n) is 12.1. The van der Waals surface area contributed by atoms with Crippen molar-refractivity contribution in [1.82, 2.24) is 14.7 Å². The summed E-state index contributed by atoms with van der Waals surface area (Å²) in [5.41, 5.74) is 0. The van der Waals surface area contributed by atoms with Crippen LogP contribution in [0.25, 0.3) is 0 Å². The highest BCUT2D eigenvalue weighted by Gasteiger charge is 2.54. The lowest BCUT2D eigenvalue weighted by atomic mass is 9.84. The summed E-state index contributed by atoms with van der Waals surface area (Å²) in [6, 6.07) is -3.20. The summed E-state index contributed by atoms with van der Waals surface area (Å²) in [6.07, 6.45) is 9.13. The lowest BCUT2D eigenvalue weighted by Gasteiger charge is -2.37. The summed E-state index contributed by atoms with van der Waals surface area (Å²) in [6.45, 7) is 1.63. The maximum Gasteiger partial charge on any atom is 0.328 e. The molecule has 0 spiro atoms. The monoisotopic (exact) mass is 467 g/mol. The molecule has 8 nitrogen and oxygen atoms in total. The summed E-state index contributed by atoms with van der Waals surface area (Å²) < 4.78 is 0. The van der Waals surface area contributed by atoms with Crippen LogP contribution in [0, 0.1) is 5.92 Å². The van der Waals surface area contributed by atoms with E-state index < -0.39 is 30.1 Å². The molecule has 178 valence electrons. The van der Waals surface area contributed by atoms with Crippen molar-refractivity contribution in [2.24, 2.45) is 5.92 Å². The zero-order valence-electron chi connectivity index (χ0n) is 18.7. The van der Waals surface area contributed by atoms with Gasteiger partial charge in [0.15, 0.2) is 0 Å². The minimum Gasteiger partial charge on any atom is -0.480 e. The van der Waals surface area contributed by atoms with Gasteiger partial charge in [-0.2, -0.15) is 0 Å². The van der Waals surface area contributed by atoms with Gasteiger partial charge < -0.3 is 14.9 Å². The number of likely N-dealkylation sites (tertiary alicyclic amines) is 1. The van der Waals surface area contributed by atoms with E-state index in [1.165, 1.54) is 14.7 Å². The van der Waals surface area contributed by atoms with Gasteiger partial charge >= 0.3 is 12.0 Å². The largest absolute Gasteiger partial charge is 0.480 e. The standard InChI is InChI=1S/C23H34ClN3O5/c1-14(20(28)27-17-10-6-5-7-15(17)13-19(27)22(30)31)25-18(11-12-24)21(29)26(23(25)32)16-8-3-2-4-9-16/h14-19H,2-13H2,1H3,(H,30,31)/t14-,15-,17-,18?,19-/m0/s1. The number of alkyl halides is 1. The Morgan fingerprint density at radius 2 is 1.72 bits per heavy atom. The maximum absolute atomic E-state index is 13.7. The van der Waals surface area contributed by atoms with Crippen molar-refractivity contribution < 1.29 is 24.3 Å². The van der Waals surface area contributed by atoms with Crippen LogP contribution >= 0.6 is 11.6 Å². The third kappa shape index (κ3) is 3.99. The molecule has 2 saturated heterocycles. The van der Waals surface area contributed by atoms with E-state index in [1.807, 2.05) is 0 Å². The topological polar surface area (TPSA) is 98.2 Å². The van der Waals surface area contributed by atoms with Crippen molar-refractivity contribution in [2.75, 3.05) is 5.88 Å². The summed E-state index contributed by atoms with van der Waals surface area (Å²) in [7, 11) is 0. The maximum atomic E-state index is 13.7. The Kier molecular flexibility index (Phi) is 6.98. The summed E-state index contributed by atoms with van der Waals surface area (Å²) in [4.78, 5) is 56.7. The normalized spacial score (nSPS) is 32.4. The second kappa shape index (κ2) is 9.57. The van der Waals surface area contributed by atoms with Crippen LogP contribution in [0.3, 0.4) is 0 Å². The molecule has 0 bridgehead atoms. The third-order valence-electron chi connectivity index (χ3n) is 8.01. The fourth-order valence-electron chi connectivity index (χ4n) is 6.44. The van der Waals surface area contributed by atoms with E-state index in [9.17, 15) is 24.3 Å². The van der Waals surface area contributed by atoms with Gasteiger partial charge in [-0.3, -0.25) is 14.5 Å². The van der Waals surface area contributed by atoms with E-state index in [2.05, 4.69) is 0 Å². The number of urea groups is 1. The lowest BCUT2D eigenvalue weighted by Crippen LogP contribution is -2.56. The minimum absolute atomic E-state index is 0.103. The highest BCUT2D eigenvalue weighted by Crippen LogP contribution is 2.41. The van der Waals surface area contributed by atoms with Crippen molar-refractivity contribution in [3.8, 4) is 0 Å². The number of fused-ring (bicyclic) bond motifs is 1. The summed E-state index contributed by atoms with van der Waals surface area (Å²) in [5, 5.41) is 9.81. The van der Waals surface area contributed by atoms with Gasteiger partial charge in [0.05, 0.1) is 0 Å². The molecule has 9 heteroatoms. The fraction of sp³-hybridized carbons (Fsp3) is 0.826. The molecule has 0 radical (unpaired) electrons. The SMILES string of the molecule is C[C@@H](C(=O)N1[C@H](C(=O)O)C[C@@H]2CCCC[C@@H]21)N1C(=O)N(C2CCCCC2)C(=O)C1CCCl. The third-order valence-corrected chi connectivity index (χ3v) is 8.23. The molecule has 0 aromatic heterocycles. The number of halogens is 1. The van der Waals surface area contributed by atoms with Crippen LogP contribution in [0.15, 0.2) is 0 Å². The van der Waals surface area contributed by atoms with Crippen LogP contribution in [0.2, 0.25) is 0 Å². The molecule has 1 unspecified atom stereocenters. The average Bonchev–Trinajstić information content (AvgIpc) is 3.29. The zero-order chi connectivity index (χ0) is 23.0. The number of amides is 4. The Hall–Kier alpha value is -1.83. The Morgan fingerprint density at radius 1 is 1.06 bits per heavy atom. The molecule has 2 heterocycles. The Morgan fingerprint density at radius 3 is 2.38 bits per heavy atom. The molecule has 0 aromatic rings. The first-order chi connectivity index (χ1) is 15.4. The van der Waals surface area contributed by atoms with Crippen LogP contribution in [0.1, 0.15) is 77.6 Å². The van der Waals surface area contributed by atoms with Gasteiger partial charge in [-0.1, -0.05) is 32.1 Å². The number of nitrogens with zero attached hydrogens (tertiary/aromatic N) is 3. The highest BCUT2D eigenvalue weighted by molar-refractivity contribution is 6.18. The predicted molar refractivity (Wildman–Crippen MR) is 118 cm³/mol. The van der Waals surface area contributed by atoms with Gasteiger partial charge in [0.25, 0.3) is 5.91 Å². The summed E-state index contributed by atoms with van der Waals surface area (Å²) >= 11 is 5.98. The number of carboxylic acids is 1. The molecule has 2 aliphatic carbocycles. The number of carboxylic acid groups (broad SMARTS) is 1. The first kappa shape index (κ1) is 23.3. The molecule has 2 aliphatic heterocycles. The molecular weight excluding hydrogens is 434 g/mol. The molecule has 4 fully saturated rings. The Balaban J connectivity index is 1.60. The Bertz CT molecular complexity index is 771. The lowest BCUT2D eigenvalue weighted by molar-refractivity contribution is -0.152. The average molecular weight is 468 g/mol. The van der Waals surface area contributed by atoms with E-state index in [-0.39, 0.29) is 42.1 Å². The van der Waals surface area contributed by atoms with Crippen LogP contribution in [-0.2, 0) is 14.4 Å². The minimum atomic E-state index is -0.995. The molecule has 4 amide bonds. The van der Waals surface area contributed by atoms with Gasteiger partial charge in [-0.15, -0.1) is 11.6 Å². The number of carbonyl (C=O) groups excluding carboxylic acids is 3. The Labute approximate surface area is 194 Å². The van der Waals surface area contributed by atoms with Crippen LogP contribution in [-0.4, -0.2) is 79.7 Å². The second-order valence-corrected chi connectivity index (χ2v) is 10.2. The molecule has 4 aliphatic rings. The highest BCUT2D eigenvalue weighted by atomic mass is 35.5. The van der Waals surface area contributed by atoms with E-state index in [4.69, 9.17) is 11.6 Å². The predicted octanol–water partition coefficient (Wildman–Crippen LogP) is 3.21. The fourth-order valence-corrected chi connectivity index (χ4v) is 6.65. The quantitative estimate of drug-likeness (QED) is 0.477. The molecule has 1 N–H and O–H groups in total. The summed E-state index contributed by atoms with van der Waals surface area (Å²) in [5.74, 6) is -1.24. The van der Waals surface area contributed by atoms with E-state index in [0.29, 0.717) is 6.42 Å². The second-order valence-electron chi connectivity index (χ2n) is 9.81. The molecule has 5 atom stereocenters. The van der Waals surface area contributed by atoms with E-state index >= 15 is 0 Å². The van der Waals surface area contributed by atoms with Crippen LogP contribution in [0.4, 0.5) is 4.79 Å². The van der Waals surface area contributed by atoms with Gasteiger partial charge in [0, 0.05) is 18.0 Å². The van der Waals surface area contributed by atoms with E-state index in [0.717, 1.165) is 57.8 Å². The van der Waals surface area contributed by atoms with Crippen molar-refractivity contribution >= 4 is 35.4 Å².